The molecule has 162 valence electrons. The second kappa shape index (κ2) is 8.58. The lowest BCUT2D eigenvalue weighted by Gasteiger charge is -2.35. The smallest absolute Gasteiger partial charge is 0.257 e. The number of anilines is 2. The van der Waals surface area contributed by atoms with Crippen molar-refractivity contribution in [2.24, 2.45) is 5.41 Å². The van der Waals surface area contributed by atoms with Gasteiger partial charge >= 0.3 is 0 Å². The number of carbonyl (C=O) groups excluding carboxylic acids is 4. The van der Waals surface area contributed by atoms with Crippen molar-refractivity contribution in [3.8, 4) is 0 Å². The van der Waals surface area contributed by atoms with Crippen molar-refractivity contribution in [2.75, 3.05) is 10.2 Å². The van der Waals surface area contributed by atoms with Gasteiger partial charge in [-0.15, -0.1) is 0 Å². The molecule has 1 aliphatic heterocycles. The SMILES string of the molecule is CC(=O)Nc1ccc(N2C(=O)CC(N(C(=O)CC(C)(C)C)C3CCCC3)C2=O)cc1. The van der Waals surface area contributed by atoms with Crippen LogP contribution >= 0.6 is 0 Å². The summed E-state index contributed by atoms with van der Waals surface area (Å²) in [6.07, 6.45) is 4.17. The molecule has 7 nitrogen and oxygen atoms in total. The molecule has 0 spiro atoms. The molecule has 7 heteroatoms. The molecule has 1 unspecified atom stereocenters. The number of benzene rings is 1. The summed E-state index contributed by atoms with van der Waals surface area (Å²) >= 11 is 0. The van der Waals surface area contributed by atoms with Crippen LogP contribution in [0.5, 0.6) is 0 Å². The summed E-state index contributed by atoms with van der Waals surface area (Å²) < 4.78 is 0. The van der Waals surface area contributed by atoms with E-state index in [1.807, 2.05) is 20.8 Å². The number of carbonyl (C=O) groups is 4. The summed E-state index contributed by atoms with van der Waals surface area (Å²) in [7, 11) is 0. The van der Waals surface area contributed by atoms with Gasteiger partial charge < -0.3 is 10.2 Å². The zero-order chi connectivity index (χ0) is 22.1. The molecule has 1 heterocycles. The average molecular weight is 414 g/mol. The Kier molecular flexibility index (Phi) is 6.29. The normalized spacial score (nSPS) is 20.0. The highest BCUT2D eigenvalue weighted by Gasteiger charge is 2.47. The molecule has 1 atom stereocenters. The lowest BCUT2D eigenvalue weighted by molar-refractivity contribution is -0.142. The fourth-order valence-electron chi connectivity index (χ4n) is 4.36. The third-order valence-electron chi connectivity index (χ3n) is 5.59. The minimum Gasteiger partial charge on any atom is -0.327 e. The average Bonchev–Trinajstić information content (AvgIpc) is 3.23. The topological polar surface area (TPSA) is 86.8 Å². The van der Waals surface area contributed by atoms with Crippen molar-refractivity contribution in [3.63, 3.8) is 0 Å². The van der Waals surface area contributed by atoms with Crippen molar-refractivity contribution >= 4 is 35.0 Å². The first-order chi connectivity index (χ1) is 14.1. The van der Waals surface area contributed by atoms with E-state index in [2.05, 4.69) is 5.32 Å². The summed E-state index contributed by atoms with van der Waals surface area (Å²) in [5, 5.41) is 2.67. The molecule has 1 saturated heterocycles. The molecule has 4 amide bonds. The molecule has 2 aliphatic rings. The first-order valence-electron chi connectivity index (χ1n) is 10.6. The Hall–Kier alpha value is -2.70. The zero-order valence-electron chi connectivity index (χ0n) is 18.2. The minimum atomic E-state index is -0.745. The van der Waals surface area contributed by atoms with Crippen molar-refractivity contribution < 1.29 is 19.2 Å². The van der Waals surface area contributed by atoms with Crippen LogP contribution in [0.2, 0.25) is 0 Å². The van der Waals surface area contributed by atoms with E-state index < -0.39 is 6.04 Å². The van der Waals surface area contributed by atoms with Crippen molar-refractivity contribution in [3.05, 3.63) is 24.3 Å². The number of imide groups is 1. The quantitative estimate of drug-likeness (QED) is 0.749. The van der Waals surface area contributed by atoms with E-state index in [1.165, 1.54) is 11.8 Å². The van der Waals surface area contributed by atoms with E-state index in [4.69, 9.17) is 0 Å². The van der Waals surface area contributed by atoms with Crippen molar-refractivity contribution in [1.82, 2.24) is 4.90 Å². The maximum atomic E-state index is 13.3. The summed E-state index contributed by atoms with van der Waals surface area (Å²) in [5.74, 6) is -0.894. The first kappa shape index (κ1) is 22.0. The van der Waals surface area contributed by atoms with Gasteiger partial charge in [0.25, 0.3) is 5.91 Å². The molecule has 30 heavy (non-hydrogen) atoms. The second-order valence-corrected chi connectivity index (χ2v) is 9.49. The molecule has 1 aromatic rings. The minimum absolute atomic E-state index is 0.0126. The third-order valence-corrected chi connectivity index (χ3v) is 5.59. The summed E-state index contributed by atoms with van der Waals surface area (Å²) in [6, 6.07) is 5.86. The molecule has 1 N–H and O–H groups in total. The second-order valence-electron chi connectivity index (χ2n) is 9.49. The molecule has 0 aromatic heterocycles. The number of hydrogen-bond acceptors (Lipinski definition) is 4. The van der Waals surface area contributed by atoms with Gasteiger partial charge in [-0.1, -0.05) is 33.6 Å². The Morgan fingerprint density at radius 2 is 1.70 bits per heavy atom. The van der Waals surface area contributed by atoms with E-state index in [1.54, 1.807) is 29.2 Å². The highest BCUT2D eigenvalue weighted by Crippen LogP contribution is 2.34. The molecule has 1 saturated carbocycles. The lowest BCUT2D eigenvalue weighted by Crippen LogP contribution is -2.50. The van der Waals surface area contributed by atoms with Crippen LogP contribution in [0.4, 0.5) is 11.4 Å². The van der Waals surface area contributed by atoms with Gasteiger partial charge in [0.15, 0.2) is 0 Å². The van der Waals surface area contributed by atoms with Gasteiger partial charge in [0.1, 0.15) is 6.04 Å². The Balaban J connectivity index is 1.84. The molecular formula is C23H31N3O4. The highest BCUT2D eigenvalue weighted by molar-refractivity contribution is 6.23. The Bertz CT molecular complexity index is 835. The Morgan fingerprint density at radius 1 is 1.10 bits per heavy atom. The van der Waals surface area contributed by atoms with Gasteiger partial charge in [0.2, 0.25) is 17.7 Å². The van der Waals surface area contributed by atoms with Gasteiger partial charge in [-0.25, -0.2) is 4.90 Å². The van der Waals surface area contributed by atoms with Gasteiger partial charge in [-0.3, -0.25) is 19.2 Å². The summed E-state index contributed by atoms with van der Waals surface area (Å²) in [6.45, 7) is 7.42. The van der Waals surface area contributed by atoms with Crippen LogP contribution in [-0.2, 0) is 19.2 Å². The van der Waals surface area contributed by atoms with E-state index >= 15 is 0 Å². The fraction of sp³-hybridized carbons (Fsp3) is 0.565. The van der Waals surface area contributed by atoms with E-state index in [-0.39, 0.29) is 41.5 Å². The van der Waals surface area contributed by atoms with Crippen LogP contribution < -0.4 is 10.2 Å². The molecule has 3 rings (SSSR count). The van der Waals surface area contributed by atoms with Crippen molar-refractivity contribution in [2.45, 2.75) is 78.3 Å². The highest BCUT2D eigenvalue weighted by atomic mass is 16.2. The molecule has 2 fully saturated rings. The fourth-order valence-corrected chi connectivity index (χ4v) is 4.36. The van der Waals surface area contributed by atoms with Crippen LogP contribution in [0, 0.1) is 5.41 Å². The lowest BCUT2D eigenvalue weighted by atomic mass is 9.90. The monoisotopic (exact) mass is 413 g/mol. The number of amides is 4. The van der Waals surface area contributed by atoms with Crippen LogP contribution in [0.3, 0.4) is 0 Å². The largest absolute Gasteiger partial charge is 0.327 e. The zero-order valence-corrected chi connectivity index (χ0v) is 18.2. The third kappa shape index (κ3) is 4.89. The van der Waals surface area contributed by atoms with E-state index in [0.717, 1.165) is 25.7 Å². The summed E-state index contributed by atoms with van der Waals surface area (Å²) in [5.41, 5.74) is 0.852. The van der Waals surface area contributed by atoms with E-state index in [0.29, 0.717) is 17.8 Å². The molecule has 1 aromatic carbocycles. The Labute approximate surface area is 177 Å². The first-order valence-corrected chi connectivity index (χ1v) is 10.6. The molecule has 0 bridgehead atoms. The van der Waals surface area contributed by atoms with Crippen LogP contribution in [-0.4, -0.2) is 40.6 Å². The van der Waals surface area contributed by atoms with Gasteiger partial charge in [-0.05, 0) is 42.5 Å². The van der Waals surface area contributed by atoms with Gasteiger partial charge in [-0.2, -0.15) is 0 Å². The van der Waals surface area contributed by atoms with Crippen LogP contribution in [0.15, 0.2) is 24.3 Å². The molecular weight excluding hydrogens is 382 g/mol. The maximum absolute atomic E-state index is 13.3. The van der Waals surface area contributed by atoms with Gasteiger partial charge in [0, 0.05) is 25.1 Å². The number of hydrogen-bond donors (Lipinski definition) is 1. The summed E-state index contributed by atoms with van der Waals surface area (Å²) in [4.78, 5) is 53.3. The number of rotatable bonds is 5. The number of nitrogens with one attached hydrogen (secondary N) is 1. The predicted octanol–water partition coefficient (Wildman–Crippen LogP) is 3.48. The molecule has 1 aliphatic carbocycles. The van der Waals surface area contributed by atoms with Crippen LogP contribution in [0.1, 0.15) is 66.2 Å². The molecule has 0 radical (unpaired) electrons. The van der Waals surface area contributed by atoms with E-state index in [9.17, 15) is 19.2 Å². The van der Waals surface area contributed by atoms with Gasteiger partial charge in [0.05, 0.1) is 12.1 Å². The number of nitrogens with zero attached hydrogens (tertiary/aromatic N) is 2. The standard InChI is InChI=1S/C23H31N3O4/c1-15(27)24-16-9-11-18(12-10-16)26-20(28)13-19(22(26)30)25(17-7-5-6-8-17)21(29)14-23(2,3)4/h9-12,17,19H,5-8,13-14H2,1-4H3,(H,24,27). The maximum Gasteiger partial charge on any atom is 0.257 e. The van der Waals surface area contributed by atoms with Crippen LogP contribution in [0.25, 0.3) is 0 Å². The Morgan fingerprint density at radius 3 is 2.23 bits per heavy atom. The van der Waals surface area contributed by atoms with Crippen molar-refractivity contribution in [1.29, 1.82) is 0 Å². The predicted molar refractivity (Wildman–Crippen MR) is 115 cm³/mol.